The zero-order valence-corrected chi connectivity index (χ0v) is 40.9. The lowest BCUT2D eigenvalue weighted by Crippen LogP contribution is -2.12. The number of hydrogen-bond acceptors (Lipinski definition) is 5. The van der Waals surface area contributed by atoms with Crippen LogP contribution in [0.5, 0.6) is 11.5 Å². The summed E-state index contributed by atoms with van der Waals surface area (Å²) in [7, 11) is 0. The smallest absolute Gasteiger partial charge is 0.136 e. The summed E-state index contributed by atoms with van der Waals surface area (Å²) in [5, 5.41) is 25.2. The van der Waals surface area contributed by atoms with E-state index < -0.39 is 0 Å². The van der Waals surface area contributed by atoms with Crippen molar-refractivity contribution in [2.75, 3.05) is 0 Å². The summed E-state index contributed by atoms with van der Waals surface area (Å²) in [6, 6.07) is 60.1. The molecule has 10 aromatic rings. The van der Waals surface area contributed by atoms with Gasteiger partial charge in [0.15, 0.2) is 0 Å². The zero-order chi connectivity index (χ0) is 48.4. The van der Waals surface area contributed by atoms with Crippen LogP contribution in [-0.4, -0.2) is 20.2 Å². The number of para-hydroxylation sites is 1. The van der Waals surface area contributed by atoms with Crippen LogP contribution in [0.25, 0.3) is 100 Å². The van der Waals surface area contributed by atoms with Crippen LogP contribution >= 0.6 is 0 Å². The number of nitrogens with zero attached hydrogens (tertiary/aromatic N) is 2. The first-order valence-electron chi connectivity index (χ1n) is 23.8. The second kappa shape index (κ2) is 17.1. The summed E-state index contributed by atoms with van der Waals surface area (Å²) in [4.78, 5) is 10.4. The molecule has 5 nitrogen and oxygen atoms in total. The average molecular weight is 903 g/mol. The van der Waals surface area contributed by atoms with Crippen LogP contribution < -0.4 is 0 Å². The second-order valence-corrected chi connectivity index (χ2v) is 21.4. The largest absolute Gasteiger partial charge is 0.507 e. The molecule has 0 amide bonds. The summed E-state index contributed by atoms with van der Waals surface area (Å²) >= 11 is 0. The van der Waals surface area contributed by atoms with Crippen LogP contribution in [0.1, 0.15) is 79.0 Å². The van der Waals surface area contributed by atoms with Gasteiger partial charge in [-0.15, -0.1) is 0 Å². The van der Waals surface area contributed by atoms with E-state index in [9.17, 15) is 10.2 Å². The minimum absolute atomic E-state index is 0.00740. The molecule has 0 bridgehead atoms. The number of aromatic hydroxyl groups is 2. The predicted molar refractivity (Wildman–Crippen MR) is 287 cm³/mol. The molecule has 0 saturated heterocycles. The maximum absolute atomic E-state index is 11.8. The van der Waals surface area contributed by atoms with E-state index in [1.807, 2.05) is 84.9 Å². The molecular weight excluding hydrogens is 845 g/mol. The van der Waals surface area contributed by atoms with Crippen molar-refractivity contribution < 1.29 is 14.6 Å². The lowest BCUT2D eigenvalue weighted by molar-refractivity contribution is 0.477. The Labute approximate surface area is 405 Å². The Hall–Kier alpha value is -7.76. The minimum atomic E-state index is -0.131. The molecule has 342 valence electrons. The molecule has 0 aliphatic heterocycles. The van der Waals surface area contributed by atoms with E-state index in [2.05, 4.69) is 141 Å². The van der Waals surface area contributed by atoms with Crippen LogP contribution in [0.3, 0.4) is 0 Å². The Morgan fingerprint density at radius 1 is 0.333 bits per heavy atom. The standard InChI is InChI=1S/C64H58N2O3/c1-62(2,3)44-27-22-40(23-28-44)48-35-46(64(7,8)9)36-49(41-24-29-45(30-25-41)63(4,5)6)61(48)42-26-31-57(67)51(32-42)53-19-15-20-54(65-53)56-34-43(39-16-11-10-12-17-39)33-55(66-56)52-38-60-50(37-58(52)68)47-18-13-14-21-59(47)69-60/h10-38,67-68H,1-9H3. The number of aromatic nitrogens is 2. The molecule has 5 heteroatoms. The first kappa shape index (κ1) is 45.0. The Morgan fingerprint density at radius 2 is 0.870 bits per heavy atom. The van der Waals surface area contributed by atoms with Crippen LogP contribution in [0.4, 0.5) is 0 Å². The van der Waals surface area contributed by atoms with Crippen molar-refractivity contribution in [3.63, 3.8) is 0 Å². The van der Waals surface area contributed by atoms with Crippen LogP contribution in [0, 0.1) is 0 Å². The lowest BCUT2D eigenvalue weighted by Gasteiger charge is -2.26. The summed E-state index contributed by atoms with van der Waals surface area (Å²) < 4.78 is 6.26. The third-order valence-electron chi connectivity index (χ3n) is 13.4. The van der Waals surface area contributed by atoms with E-state index in [-0.39, 0.29) is 27.7 Å². The van der Waals surface area contributed by atoms with Crippen molar-refractivity contribution in [2.24, 2.45) is 0 Å². The number of benzene rings is 7. The molecule has 3 aromatic heterocycles. The van der Waals surface area contributed by atoms with Gasteiger partial charge >= 0.3 is 0 Å². The van der Waals surface area contributed by atoms with Crippen molar-refractivity contribution in [1.29, 1.82) is 0 Å². The number of hydrogen-bond donors (Lipinski definition) is 2. The predicted octanol–water partition coefficient (Wildman–Crippen LogP) is 17.3. The van der Waals surface area contributed by atoms with E-state index in [4.69, 9.17) is 14.4 Å². The number of rotatable bonds is 7. The van der Waals surface area contributed by atoms with Gasteiger partial charge < -0.3 is 14.6 Å². The third kappa shape index (κ3) is 8.82. The van der Waals surface area contributed by atoms with E-state index >= 15 is 0 Å². The molecule has 0 spiro atoms. The molecule has 0 atom stereocenters. The van der Waals surface area contributed by atoms with Crippen molar-refractivity contribution in [1.82, 2.24) is 9.97 Å². The van der Waals surface area contributed by atoms with E-state index in [0.717, 1.165) is 60.9 Å². The molecule has 10 rings (SSSR count). The van der Waals surface area contributed by atoms with E-state index in [1.165, 1.54) is 16.7 Å². The van der Waals surface area contributed by atoms with Crippen LogP contribution in [0.2, 0.25) is 0 Å². The fraction of sp³-hybridized carbons (Fsp3) is 0.188. The summed E-state index contributed by atoms with van der Waals surface area (Å²) in [6.07, 6.45) is 0. The maximum Gasteiger partial charge on any atom is 0.136 e. The van der Waals surface area contributed by atoms with Crippen LogP contribution in [-0.2, 0) is 16.2 Å². The highest BCUT2D eigenvalue weighted by molar-refractivity contribution is 6.07. The fourth-order valence-corrected chi connectivity index (χ4v) is 9.33. The van der Waals surface area contributed by atoms with Gasteiger partial charge in [-0.3, -0.25) is 0 Å². The number of fused-ring (bicyclic) bond motifs is 3. The lowest BCUT2D eigenvalue weighted by atomic mass is 9.78. The highest BCUT2D eigenvalue weighted by Gasteiger charge is 2.25. The van der Waals surface area contributed by atoms with Gasteiger partial charge in [0, 0.05) is 21.9 Å². The average Bonchev–Trinajstić information content (AvgIpc) is 3.70. The highest BCUT2D eigenvalue weighted by atomic mass is 16.3. The van der Waals surface area contributed by atoms with Crippen molar-refractivity contribution in [2.45, 2.75) is 78.6 Å². The number of phenolic OH excluding ortho intramolecular Hbond substituents is 2. The Kier molecular flexibility index (Phi) is 11.2. The van der Waals surface area contributed by atoms with Gasteiger partial charge in [-0.25, -0.2) is 9.97 Å². The van der Waals surface area contributed by atoms with Gasteiger partial charge in [0.2, 0.25) is 0 Å². The van der Waals surface area contributed by atoms with E-state index in [1.54, 1.807) is 12.1 Å². The molecule has 0 aliphatic rings. The van der Waals surface area contributed by atoms with Gasteiger partial charge in [0.1, 0.15) is 22.7 Å². The minimum Gasteiger partial charge on any atom is -0.507 e. The Bertz CT molecular complexity index is 3470. The van der Waals surface area contributed by atoms with Crippen molar-refractivity contribution in [3.8, 4) is 89.9 Å². The van der Waals surface area contributed by atoms with Crippen molar-refractivity contribution >= 4 is 21.9 Å². The Balaban J connectivity index is 1.14. The molecule has 69 heavy (non-hydrogen) atoms. The fourth-order valence-electron chi connectivity index (χ4n) is 9.33. The van der Waals surface area contributed by atoms with Crippen LogP contribution in [0.15, 0.2) is 180 Å². The first-order valence-corrected chi connectivity index (χ1v) is 23.8. The van der Waals surface area contributed by atoms with Gasteiger partial charge in [-0.1, -0.05) is 172 Å². The van der Waals surface area contributed by atoms with Gasteiger partial charge in [-0.2, -0.15) is 0 Å². The Morgan fingerprint density at radius 3 is 1.49 bits per heavy atom. The van der Waals surface area contributed by atoms with Crippen molar-refractivity contribution in [3.05, 3.63) is 193 Å². The normalized spacial score (nSPS) is 12.2. The topological polar surface area (TPSA) is 79.4 Å². The van der Waals surface area contributed by atoms with E-state index in [0.29, 0.717) is 39.5 Å². The second-order valence-electron chi connectivity index (χ2n) is 21.4. The molecule has 7 aromatic carbocycles. The quantitative estimate of drug-likeness (QED) is 0.167. The SMILES string of the molecule is CC(C)(C)c1ccc(-c2cc(C(C)(C)C)cc(-c3ccc(C(C)(C)C)cc3)c2-c2ccc(O)c(-c3cccc(-c4cc(-c5ccccc5)cc(-c5cc6oc7ccccc7c6cc5O)n4)n3)c2)cc1. The number of phenols is 2. The molecule has 0 unspecified atom stereocenters. The maximum atomic E-state index is 11.8. The van der Waals surface area contributed by atoms with Gasteiger partial charge in [0.25, 0.3) is 0 Å². The summed E-state index contributed by atoms with van der Waals surface area (Å²) in [5.41, 5.74) is 17.1. The van der Waals surface area contributed by atoms with Gasteiger partial charge in [-0.05, 0) is 144 Å². The highest BCUT2D eigenvalue weighted by Crippen LogP contribution is 2.47. The molecule has 0 aliphatic carbocycles. The molecule has 0 radical (unpaired) electrons. The monoisotopic (exact) mass is 902 g/mol. The molecular formula is C64H58N2O3. The molecule has 0 saturated carbocycles. The number of pyridine rings is 2. The number of furan rings is 1. The molecule has 3 heterocycles. The summed E-state index contributed by atoms with van der Waals surface area (Å²) in [6.45, 7) is 20.3. The van der Waals surface area contributed by atoms with Gasteiger partial charge in [0.05, 0.1) is 22.8 Å². The summed E-state index contributed by atoms with van der Waals surface area (Å²) in [5.74, 6) is 0.225. The molecule has 0 fully saturated rings. The third-order valence-corrected chi connectivity index (χ3v) is 13.4. The zero-order valence-electron chi connectivity index (χ0n) is 40.9. The molecule has 2 N–H and O–H groups in total. The first-order chi connectivity index (χ1) is 32.9.